The molecule has 0 radical (unpaired) electrons. The van der Waals surface area contributed by atoms with E-state index >= 15 is 0 Å². The van der Waals surface area contributed by atoms with Crippen LogP contribution in [0.25, 0.3) is 0 Å². The summed E-state index contributed by atoms with van der Waals surface area (Å²) in [7, 11) is 1.52. The molecule has 3 N–H and O–H groups in total. The van der Waals surface area contributed by atoms with Crippen LogP contribution in [0.5, 0.6) is 5.75 Å². The summed E-state index contributed by atoms with van der Waals surface area (Å²) in [6.45, 7) is 0.221. The van der Waals surface area contributed by atoms with Gasteiger partial charge in [-0.05, 0) is 17.7 Å². The fourth-order valence-corrected chi connectivity index (χ4v) is 1.67. The van der Waals surface area contributed by atoms with E-state index in [1.165, 1.54) is 7.11 Å². The van der Waals surface area contributed by atoms with Crippen LogP contribution in [0.3, 0.4) is 0 Å². The monoisotopic (exact) mass is 272 g/mol. The number of nitrogen functional groups attached to an aromatic ring is 1. The first kappa shape index (κ1) is 13.7. The van der Waals surface area contributed by atoms with Crippen LogP contribution in [0.15, 0.2) is 48.5 Å². The summed E-state index contributed by atoms with van der Waals surface area (Å²) in [4.78, 5) is 11.7. The first-order chi connectivity index (χ1) is 9.69. The lowest BCUT2D eigenvalue weighted by Crippen LogP contribution is -2.13. The van der Waals surface area contributed by atoms with E-state index in [0.29, 0.717) is 17.1 Å². The molecular weight excluding hydrogens is 256 g/mol. The summed E-state index contributed by atoms with van der Waals surface area (Å²) in [6, 6.07) is 14.4. The van der Waals surface area contributed by atoms with E-state index in [0.717, 1.165) is 5.56 Å². The average Bonchev–Trinajstić information content (AvgIpc) is 2.48. The molecule has 0 aromatic heterocycles. The number of ether oxygens (including phenoxy) is 2. The second-order valence-electron chi connectivity index (χ2n) is 4.14. The Morgan fingerprint density at radius 1 is 1.20 bits per heavy atom. The molecule has 0 bridgehead atoms. The molecule has 2 aromatic rings. The lowest BCUT2D eigenvalue weighted by atomic mass is 10.2. The number of hydrogen-bond acceptors (Lipinski definition) is 4. The van der Waals surface area contributed by atoms with Gasteiger partial charge in [0.05, 0.1) is 12.8 Å². The molecule has 0 fully saturated rings. The van der Waals surface area contributed by atoms with E-state index in [1.807, 2.05) is 30.3 Å². The van der Waals surface area contributed by atoms with Crippen LogP contribution in [-0.2, 0) is 11.3 Å². The number of benzene rings is 2. The van der Waals surface area contributed by atoms with Crippen molar-refractivity contribution in [3.8, 4) is 5.75 Å². The molecule has 104 valence electrons. The maximum absolute atomic E-state index is 11.7. The van der Waals surface area contributed by atoms with Crippen LogP contribution in [0, 0.1) is 0 Å². The fourth-order valence-electron chi connectivity index (χ4n) is 1.67. The van der Waals surface area contributed by atoms with Gasteiger partial charge in [-0.25, -0.2) is 4.79 Å². The molecule has 0 saturated heterocycles. The van der Waals surface area contributed by atoms with E-state index in [-0.39, 0.29) is 6.61 Å². The van der Waals surface area contributed by atoms with Crippen molar-refractivity contribution in [2.75, 3.05) is 18.2 Å². The summed E-state index contributed by atoms with van der Waals surface area (Å²) in [5.74, 6) is 0.505. The number of nitrogens with two attached hydrogens (primary N) is 1. The third kappa shape index (κ3) is 3.65. The average molecular weight is 272 g/mol. The van der Waals surface area contributed by atoms with Crippen LogP contribution >= 0.6 is 0 Å². The molecule has 20 heavy (non-hydrogen) atoms. The molecule has 0 aliphatic rings. The predicted octanol–water partition coefficient (Wildman–Crippen LogP) is 3.03. The van der Waals surface area contributed by atoms with Gasteiger partial charge in [0.2, 0.25) is 0 Å². The minimum absolute atomic E-state index is 0.221. The number of carbonyl (C=O) groups excluding carboxylic acids is 1. The van der Waals surface area contributed by atoms with Crippen LogP contribution in [0.4, 0.5) is 16.2 Å². The van der Waals surface area contributed by atoms with Crippen molar-refractivity contribution in [2.45, 2.75) is 6.61 Å². The number of anilines is 2. The number of methoxy groups -OCH3 is 1. The van der Waals surface area contributed by atoms with Crippen LogP contribution < -0.4 is 15.8 Å². The summed E-state index contributed by atoms with van der Waals surface area (Å²) in [5, 5.41) is 2.62. The van der Waals surface area contributed by atoms with Gasteiger partial charge in [0.1, 0.15) is 12.4 Å². The summed E-state index contributed by atoms with van der Waals surface area (Å²) < 4.78 is 10.2. The summed E-state index contributed by atoms with van der Waals surface area (Å²) in [5.41, 5.74) is 7.70. The molecule has 2 rings (SSSR count). The first-order valence-electron chi connectivity index (χ1n) is 6.10. The second kappa shape index (κ2) is 6.47. The van der Waals surface area contributed by atoms with Crippen molar-refractivity contribution >= 4 is 17.5 Å². The van der Waals surface area contributed by atoms with E-state index < -0.39 is 6.09 Å². The zero-order valence-corrected chi connectivity index (χ0v) is 11.1. The molecule has 1 amide bonds. The van der Waals surface area contributed by atoms with Crippen molar-refractivity contribution < 1.29 is 14.3 Å². The highest BCUT2D eigenvalue weighted by atomic mass is 16.5. The third-order valence-electron chi connectivity index (χ3n) is 2.69. The third-order valence-corrected chi connectivity index (χ3v) is 2.69. The maximum atomic E-state index is 11.7. The molecular formula is C15H16N2O3. The molecule has 0 heterocycles. The van der Waals surface area contributed by atoms with Crippen molar-refractivity contribution in [1.82, 2.24) is 0 Å². The van der Waals surface area contributed by atoms with Crippen LogP contribution in [0.2, 0.25) is 0 Å². The Kier molecular flexibility index (Phi) is 4.44. The Balaban J connectivity index is 1.91. The molecule has 5 heteroatoms. The number of nitrogens with one attached hydrogen (secondary N) is 1. The first-order valence-corrected chi connectivity index (χ1v) is 6.10. The highest BCUT2D eigenvalue weighted by Gasteiger charge is 2.06. The number of rotatable bonds is 4. The molecule has 0 aliphatic carbocycles. The normalized spacial score (nSPS) is 9.85. The Morgan fingerprint density at radius 2 is 1.95 bits per heavy atom. The Hall–Kier alpha value is -2.69. The zero-order chi connectivity index (χ0) is 14.4. The SMILES string of the molecule is COc1cc(NC(=O)OCc2ccccc2)ccc1N. The zero-order valence-electron chi connectivity index (χ0n) is 11.1. The Labute approximate surface area is 117 Å². The van der Waals surface area contributed by atoms with E-state index in [9.17, 15) is 4.79 Å². The molecule has 2 aromatic carbocycles. The van der Waals surface area contributed by atoms with Gasteiger partial charge in [-0.1, -0.05) is 30.3 Å². The Bertz CT molecular complexity index is 585. The quantitative estimate of drug-likeness (QED) is 0.839. The molecule has 5 nitrogen and oxygen atoms in total. The lowest BCUT2D eigenvalue weighted by molar-refractivity contribution is 0.155. The van der Waals surface area contributed by atoms with E-state index in [4.69, 9.17) is 15.2 Å². The summed E-state index contributed by atoms with van der Waals surface area (Å²) >= 11 is 0. The molecule has 0 aliphatic heterocycles. The van der Waals surface area contributed by atoms with Crippen LogP contribution in [0.1, 0.15) is 5.56 Å². The van der Waals surface area contributed by atoms with E-state index in [1.54, 1.807) is 18.2 Å². The summed E-state index contributed by atoms with van der Waals surface area (Å²) in [6.07, 6.45) is -0.527. The lowest BCUT2D eigenvalue weighted by Gasteiger charge is -2.09. The van der Waals surface area contributed by atoms with Gasteiger partial charge in [0, 0.05) is 11.8 Å². The largest absolute Gasteiger partial charge is 0.495 e. The van der Waals surface area contributed by atoms with Gasteiger partial charge >= 0.3 is 6.09 Å². The molecule has 0 spiro atoms. The number of hydrogen-bond donors (Lipinski definition) is 2. The smallest absolute Gasteiger partial charge is 0.411 e. The fraction of sp³-hybridized carbons (Fsp3) is 0.133. The molecule has 0 unspecified atom stereocenters. The minimum atomic E-state index is -0.527. The van der Waals surface area contributed by atoms with Gasteiger partial charge in [0.25, 0.3) is 0 Å². The van der Waals surface area contributed by atoms with E-state index in [2.05, 4.69) is 5.32 Å². The highest BCUT2D eigenvalue weighted by molar-refractivity contribution is 5.85. The maximum Gasteiger partial charge on any atom is 0.411 e. The second-order valence-corrected chi connectivity index (χ2v) is 4.14. The predicted molar refractivity (Wildman–Crippen MR) is 77.7 cm³/mol. The van der Waals surface area contributed by atoms with Crippen molar-refractivity contribution in [1.29, 1.82) is 0 Å². The van der Waals surface area contributed by atoms with Gasteiger partial charge in [-0.2, -0.15) is 0 Å². The topological polar surface area (TPSA) is 73.6 Å². The van der Waals surface area contributed by atoms with Gasteiger partial charge in [0.15, 0.2) is 0 Å². The van der Waals surface area contributed by atoms with Gasteiger partial charge in [-0.15, -0.1) is 0 Å². The van der Waals surface area contributed by atoms with Crippen molar-refractivity contribution in [2.24, 2.45) is 0 Å². The Morgan fingerprint density at radius 3 is 2.65 bits per heavy atom. The van der Waals surface area contributed by atoms with Crippen molar-refractivity contribution in [3.63, 3.8) is 0 Å². The molecule has 0 saturated carbocycles. The van der Waals surface area contributed by atoms with Gasteiger partial charge < -0.3 is 15.2 Å². The standard InChI is InChI=1S/C15H16N2O3/c1-19-14-9-12(7-8-13(14)16)17-15(18)20-10-11-5-3-2-4-6-11/h2-9H,10,16H2,1H3,(H,17,18). The van der Waals surface area contributed by atoms with Gasteiger partial charge in [-0.3, -0.25) is 5.32 Å². The van der Waals surface area contributed by atoms with Crippen molar-refractivity contribution in [3.05, 3.63) is 54.1 Å². The minimum Gasteiger partial charge on any atom is -0.495 e. The number of amides is 1. The number of carbonyl (C=O) groups is 1. The highest BCUT2D eigenvalue weighted by Crippen LogP contribution is 2.25. The van der Waals surface area contributed by atoms with Crippen LogP contribution in [-0.4, -0.2) is 13.2 Å². The molecule has 0 atom stereocenters.